The van der Waals surface area contributed by atoms with Crippen molar-refractivity contribution in [1.82, 2.24) is 16.0 Å². The number of aliphatic carboxylic acids is 3. The summed E-state index contributed by atoms with van der Waals surface area (Å²) in [6.45, 7) is 5.76. The molecule has 0 bridgehead atoms. The lowest BCUT2D eigenvalue weighted by atomic mass is 9.60. The van der Waals surface area contributed by atoms with Crippen molar-refractivity contribution in [3.05, 3.63) is 0 Å². The Morgan fingerprint density at radius 2 is 1.21 bits per heavy atom. The van der Waals surface area contributed by atoms with E-state index in [1.165, 1.54) is 27.7 Å². The fourth-order valence-electron chi connectivity index (χ4n) is 11.0. The molecule has 0 radical (unpaired) electrons. The molecule has 4 fully saturated rings. The van der Waals surface area contributed by atoms with E-state index in [0.717, 1.165) is 20.8 Å². The van der Waals surface area contributed by atoms with Gasteiger partial charge in [0.15, 0.2) is 5.60 Å². The lowest BCUT2D eigenvalue weighted by Gasteiger charge is -2.54. The highest BCUT2D eigenvalue weighted by Gasteiger charge is 2.95. The minimum absolute atomic E-state index is 0.262. The molecule has 3 heterocycles. The lowest BCUT2D eigenvalue weighted by Crippen LogP contribution is -2.69. The first kappa shape index (κ1) is 54.9. The van der Waals surface area contributed by atoms with Crippen LogP contribution in [-0.4, -0.2) is 212 Å². The van der Waals surface area contributed by atoms with Crippen LogP contribution < -0.4 is 16.0 Å². The summed E-state index contributed by atoms with van der Waals surface area (Å²) in [4.78, 5) is 76.0. The number of hydrogen-bond acceptors (Lipinski definition) is 19. The molecule has 25 nitrogen and oxygen atoms in total. The summed E-state index contributed by atoms with van der Waals surface area (Å²) in [6.07, 6.45) is -18.8. The molecule has 3 saturated heterocycles. The lowest BCUT2D eigenvalue weighted by molar-refractivity contribution is -0.284. The number of aliphatic hydroxyl groups excluding tert-OH is 8. The number of carbonyl (C=O) groups is 6. The van der Waals surface area contributed by atoms with Gasteiger partial charge in [0.05, 0.1) is 98.3 Å². The van der Waals surface area contributed by atoms with Crippen molar-refractivity contribution in [3.8, 4) is 0 Å². The minimum Gasteiger partial charge on any atom is -0.479 e. The van der Waals surface area contributed by atoms with Crippen LogP contribution in [0, 0.1) is 16.7 Å². The third-order valence-corrected chi connectivity index (χ3v) is 14.9. The zero-order valence-electron chi connectivity index (χ0n) is 37.8. The average Bonchev–Trinajstić information content (AvgIpc) is 3.66. The first-order chi connectivity index (χ1) is 30.5. The van der Waals surface area contributed by atoms with Crippen LogP contribution in [0.25, 0.3) is 0 Å². The molecule has 0 aromatic heterocycles. The van der Waals surface area contributed by atoms with Crippen molar-refractivity contribution in [2.24, 2.45) is 16.7 Å². The van der Waals surface area contributed by atoms with Gasteiger partial charge in [0.1, 0.15) is 5.60 Å². The maximum atomic E-state index is 13.7. The standard InChI is InChI=1S/C41H67N3O22/c1-8-38(16-47,28(54)11-27-30(43-19(4)49)24(53)13-40(62,66-27)34(58)59)17(2)39(33(56)57)12-23(52)29(42-18(3)48)26(65-39)10-22(15-46)63-41(35(60)61)36(6)32(55)31(44-20(5)50)25(9-21(51)14-45)64-37(36,41)7/h17,21-32,45-47,51-55,62H,8-16H2,1-7H3,(H,42,48)(H,43,49)(H,44,50)(H,56,57)(H,58,59)(H,60,61)/t17?,21-,22-,23+,24+,25?,26?,27?,28-,29?,30?,31?,32?,36-,37?,38?,39-,40+,41?/m0/s1. The van der Waals surface area contributed by atoms with Crippen molar-refractivity contribution in [2.75, 3.05) is 19.8 Å². The molecule has 66 heavy (non-hydrogen) atoms. The van der Waals surface area contributed by atoms with E-state index in [9.17, 15) is 90.0 Å². The molecule has 0 aromatic carbocycles. The summed E-state index contributed by atoms with van der Waals surface area (Å²) >= 11 is 0. The highest BCUT2D eigenvalue weighted by molar-refractivity contribution is 5.88. The summed E-state index contributed by atoms with van der Waals surface area (Å²) in [5.41, 5.74) is -11.1. The Morgan fingerprint density at radius 1 is 0.712 bits per heavy atom. The number of hydrogen-bond donors (Lipinski definition) is 15. The molecule has 4 rings (SSSR count). The summed E-state index contributed by atoms with van der Waals surface area (Å²) < 4.78 is 24.3. The quantitative estimate of drug-likeness (QED) is 0.0512. The predicted molar refractivity (Wildman–Crippen MR) is 218 cm³/mol. The number of aliphatic hydroxyl groups is 9. The van der Waals surface area contributed by atoms with Gasteiger partial charge in [0, 0.05) is 64.2 Å². The van der Waals surface area contributed by atoms with E-state index in [1.54, 1.807) is 0 Å². The molecule has 4 aliphatic rings. The second kappa shape index (κ2) is 20.1. The fourth-order valence-corrected chi connectivity index (χ4v) is 11.0. The molecule has 1 aliphatic carbocycles. The molecule has 0 aromatic rings. The highest BCUT2D eigenvalue weighted by atomic mass is 16.7. The summed E-state index contributed by atoms with van der Waals surface area (Å²) in [6, 6.07) is -4.26. The molecule has 1 saturated carbocycles. The van der Waals surface area contributed by atoms with Gasteiger partial charge in [-0.15, -0.1) is 0 Å². The van der Waals surface area contributed by atoms with E-state index in [-0.39, 0.29) is 12.8 Å². The maximum absolute atomic E-state index is 13.7. The van der Waals surface area contributed by atoms with Gasteiger partial charge in [-0.3, -0.25) is 14.4 Å². The van der Waals surface area contributed by atoms with E-state index in [0.29, 0.717) is 0 Å². The first-order valence-electron chi connectivity index (χ1n) is 21.7. The third-order valence-electron chi connectivity index (χ3n) is 14.9. The highest BCUT2D eigenvalue weighted by Crippen LogP contribution is 2.74. The normalized spacial score (nSPS) is 40.3. The Balaban J connectivity index is 1.77. The van der Waals surface area contributed by atoms with E-state index in [2.05, 4.69) is 16.0 Å². The molecule has 19 atom stereocenters. The van der Waals surface area contributed by atoms with Crippen molar-refractivity contribution in [1.29, 1.82) is 0 Å². The van der Waals surface area contributed by atoms with Crippen molar-refractivity contribution in [3.63, 3.8) is 0 Å². The number of carbonyl (C=O) groups excluding carboxylic acids is 3. The van der Waals surface area contributed by atoms with E-state index in [1.807, 2.05) is 0 Å². The van der Waals surface area contributed by atoms with Gasteiger partial charge in [0.2, 0.25) is 23.3 Å². The molecular formula is C41H67N3O22. The Kier molecular flexibility index (Phi) is 16.7. The number of ether oxygens (including phenoxy) is 4. The Labute approximate surface area is 379 Å². The zero-order chi connectivity index (χ0) is 50.3. The van der Waals surface area contributed by atoms with Gasteiger partial charge in [-0.2, -0.15) is 0 Å². The predicted octanol–water partition coefficient (Wildman–Crippen LogP) is -4.95. The molecule has 15 N–H and O–H groups in total. The molecule has 11 unspecified atom stereocenters. The smallest absolute Gasteiger partial charge is 0.364 e. The Bertz CT molecular complexity index is 1820. The van der Waals surface area contributed by atoms with Gasteiger partial charge in [-0.1, -0.05) is 20.8 Å². The number of carboxylic acids is 3. The van der Waals surface area contributed by atoms with Crippen LogP contribution in [0.5, 0.6) is 0 Å². The first-order valence-corrected chi connectivity index (χ1v) is 21.7. The topological polar surface area (TPSA) is 418 Å². The zero-order valence-corrected chi connectivity index (χ0v) is 37.8. The van der Waals surface area contributed by atoms with Crippen LogP contribution in [0.3, 0.4) is 0 Å². The van der Waals surface area contributed by atoms with Gasteiger partial charge in [0.25, 0.3) is 5.79 Å². The van der Waals surface area contributed by atoms with Crippen LogP contribution in [0.1, 0.15) is 87.0 Å². The van der Waals surface area contributed by atoms with E-state index in [4.69, 9.17) is 18.9 Å². The molecule has 0 spiro atoms. The van der Waals surface area contributed by atoms with Gasteiger partial charge in [-0.05, 0) is 13.3 Å². The summed E-state index contributed by atoms with van der Waals surface area (Å²) in [7, 11) is 0. The molecule has 3 aliphatic heterocycles. The number of rotatable bonds is 21. The number of carboxylic acid groups (broad SMARTS) is 3. The van der Waals surface area contributed by atoms with Gasteiger partial charge >= 0.3 is 17.9 Å². The van der Waals surface area contributed by atoms with Gasteiger partial charge < -0.3 is 96.2 Å². The molecule has 3 amide bonds. The van der Waals surface area contributed by atoms with Crippen LogP contribution in [-0.2, 0) is 47.7 Å². The average molecular weight is 954 g/mol. The van der Waals surface area contributed by atoms with Crippen LogP contribution in [0.15, 0.2) is 0 Å². The van der Waals surface area contributed by atoms with Crippen LogP contribution in [0.4, 0.5) is 0 Å². The maximum Gasteiger partial charge on any atom is 0.364 e. The third kappa shape index (κ3) is 9.26. The monoisotopic (exact) mass is 953 g/mol. The summed E-state index contributed by atoms with van der Waals surface area (Å²) in [5, 5.41) is 138. The molecule has 25 heteroatoms. The minimum atomic E-state index is -3.00. The number of amides is 3. The van der Waals surface area contributed by atoms with Crippen molar-refractivity contribution >= 4 is 35.6 Å². The fraction of sp³-hybridized carbons (Fsp3) is 0.854. The number of fused-ring (bicyclic) bond motifs is 1. The van der Waals surface area contributed by atoms with Crippen molar-refractivity contribution < 1.29 is 109 Å². The van der Waals surface area contributed by atoms with Gasteiger partial charge in [-0.25, -0.2) is 14.4 Å². The SMILES string of the molecule is CCC(CO)(C(C)[C@]1(C(=O)O)C[C@@H](O)C(NC(C)=O)C(C[C@@H](CO)OC2(C(=O)O)C3(C)OC(C[C@H](O)CO)C(NC(C)=O)C(O)[C@@]32C)O1)[C@@H](O)CC1O[C@@](O)(C(=O)O)C[C@@H](O)C1NC(C)=O. The second-order valence-electron chi connectivity index (χ2n) is 18.6. The Hall–Kier alpha value is -3.70. The number of nitrogens with one attached hydrogen (secondary N) is 3. The van der Waals surface area contributed by atoms with Crippen LogP contribution >= 0.6 is 0 Å². The summed E-state index contributed by atoms with van der Waals surface area (Å²) in [5.74, 6) is -12.1. The Morgan fingerprint density at radius 3 is 1.65 bits per heavy atom. The second-order valence-corrected chi connectivity index (χ2v) is 18.6. The van der Waals surface area contributed by atoms with Crippen molar-refractivity contribution in [2.45, 2.75) is 183 Å². The molecule has 378 valence electrons. The van der Waals surface area contributed by atoms with Crippen LogP contribution in [0.2, 0.25) is 0 Å². The molecular weight excluding hydrogens is 886 g/mol. The van der Waals surface area contributed by atoms with E-state index >= 15 is 0 Å². The largest absolute Gasteiger partial charge is 0.479 e. The van der Waals surface area contributed by atoms with E-state index < -0.39 is 194 Å².